The standard InChI is InChI=1S/C18H15F2N3O2/c19-12-3-1-10(7-13(12)20)17-15(5-6-25-17)23-18(24)11-2-4-14-16(8-11)22-9-21-14/h1-4,7-9,15,17H,5-6H2,(H,21,22)(H,23,24)/t15-,17-/m1/s1. The Hall–Kier alpha value is -2.80. The summed E-state index contributed by atoms with van der Waals surface area (Å²) in [4.78, 5) is 19.6. The molecule has 3 aromatic rings. The van der Waals surface area contributed by atoms with Crippen molar-refractivity contribution in [1.82, 2.24) is 15.3 Å². The van der Waals surface area contributed by atoms with E-state index in [9.17, 15) is 13.6 Å². The number of aromatic nitrogens is 2. The monoisotopic (exact) mass is 343 g/mol. The van der Waals surface area contributed by atoms with Gasteiger partial charge in [0.1, 0.15) is 6.10 Å². The number of amides is 1. The quantitative estimate of drug-likeness (QED) is 0.768. The summed E-state index contributed by atoms with van der Waals surface area (Å²) >= 11 is 0. The van der Waals surface area contributed by atoms with Crippen LogP contribution >= 0.6 is 0 Å². The van der Waals surface area contributed by atoms with Gasteiger partial charge < -0.3 is 15.0 Å². The highest BCUT2D eigenvalue weighted by molar-refractivity contribution is 5.97. The average Bonchev–Trinajstić information content (AvgIpc) is 3.25. The summed E-state index contributed by atoms with van der Waals surface area (Å²) in [7, 11) is 0. The molecule has 128 valence electrons. The summed E-state index contributed by atoms with van der Waals surface area (Å²) in [6, 6.07) is 8.53. The molecule has 25 heavy (non-hydrogen) atoms. The van der Waals surface area contributed by atoms with Gasteiger partial charge in [-0.2, -0.15) is 0 Å². The summed E-state index contributed by atoms with van der Waals surface area (Å²) in [5, 5.41) is 2.92. The third kappa shape index (κ3) is 2.98. The predicted octanol–water partition coefficient (Wildman–Crippen LogP) is 3.10. The minimum atomic E-state index is -0.928. The van der Waals surface area contributed by atoms with Crippen LogP contribution in [-0.2, 0) is 4.74 Å². The number of carbonyl (C=O) groups excluding carboxylic acids is 1. The lowest BCUT2D eigenvalue weighted by Gasteiger charge is -2.20. The van der Waals surface area contributed by atoms with Gasteiger partial charge >= 0.3 is 0 Å². The number of ether oxygens (including phenoxy) is 1. The third-order valence-corrected chi connectivity index (χ3v) is 4.36. The minimum absolute atomic E-state index is 0.250. The van der Waals surface area contributed by atoms with Crippen LogP contribution in [0.15, 0.2) is 42.7 Å². The lowest BCUT2D eigenvalue weighted by Crippen LogP contribution is -2.36. The lowest BCUT2D eigenvalue weighted by atomic mass is 10.0. The molecule has 1 fully saturated rings. The topological polar surface area (TPSA) is 67.0 Å². The molecule has 0 aliphatic carbocycles. The molecule has 1 aliphatic rings. The number of carbonyl (C=O) groups is 1. The van der Waals surface area contributed by atoms with E-state index in [1.807, 2.05) is 0 Å². The van der Waals surface area contributed by atoms with E-state index in [-0.39, 0.29) is 11.9 Å². The Labute approximate surface area is 142 Å². The van der Waals surface area contributed by atoms with Gasteiger partial charge in [0.2, 0.25) is 0 Å². The first-order valence-corrected chi connectivity index (χ1v) is 7.92. The Morgan fingerprint density at radius 1 is 1.20 bits per heavy atom. The van der Waals surface area contributed by atoms with Gasteiger partial charge in [0.25, 0.3) is 5.91 Å². The van der Waals surface area contributed by atoms with E-state index < -0.39 is 17.7 Å². The predicted molar refractivity (Wildman–Crippen MR) is 87.0 cm³/mol. The van der Waals surface area contributed by atoms with Gasteiger partial charge in [-0.1, -0.05) is 6.07 Å². The summed E-state index contributed by atoms with van der Waals surface area (Å²) in [5.41, 5.74) is 2.55. The Morgan fingerprint density at radius 3 is 2.92 bits per heavy atom. The van der Waals surface area contributed by atoms with Crippen LogP contribution < -0.4 is 5.32 Å². The van der Waals surface area contributed by atoms with Crippen molar-refractivity contribution in [1.29, 1.82) is 0 Å². The Kier molecular flexibility index (Phi) is 3.93. The molecule has 4 rings (SSSR count). The van der Waals surface area contributed by atoms with Crippen molar-refractivity contribution in [2.24, 2.45) is 0 Å². The van der Waals surface area contributed by atoms with E-state index in [1.54, 1.807) is 24.5 Å². The van der Waals surface area contributed by atoms with Crippen LogP contribution in [0.5, 0.6) is 0 Å². The minimum Gasteiger partial charge on any atom is -0.371 e. The molecule has 0 unspecified atom stereocenters. The maximum Gasteiger partial charge on any atom is 0.251 e. The van der Waals surface area contributed by atoms with E-state index in [0.717, 1.165) is 23.2 Å². The Bertz CT molecular complexity index is 941. The summed E-state index contributed by atoms with van der Waals surface area (Å²) in [5.74, 6) is -2.09. The summed E-state index contributed by atoms with van der Waals surface area (Å²) < 4.78 is 32.2. The maximum atomic E-state index is 13.5. The van der Waals surface area contributed by atoms with Gasteiger partial charge in [-0.25, -0.2) is 13.8 Å². The highest BCUT2D eigenvalue weighted by Gasteiger charge is 2.31. The van der Waals surface area contributed by atoms with E-state index >= 15 is 0 Å². The second kappa shape index (κ2) is 6.25. The van der Waals surface area contributed by atoms with E-state index in [1.165, 1.54) is 6.07 Å². The number of rotatable bonds is 3. The number of aromatic amines is 1. The molecule has 7 heteroatoms. The molecular weight excluding hydrogens is 328 g/mol. The Balaban J connectivity index is 1.54. The number of hydrogen-bond acceptors (Lipinski definition) is 3. The van der Waals surface area contributed by atoms with Gasteiger partial charge in [-0.15, -0.1) is 0 Å². The number of benzene rings is 2. The molecule has 2 N–H and O–H groups in total. The largest absolute Gasteiger partial charge is 0.371 e. The highest BCUT2D eigenvalue weighted by Crippen LogP contribution is 2.30. The second-order valence-corrected chi connectivity index (χ2v) is 5.97. The first-order chi connectivity index (χ1) is 12.1. The van der Waals surface area contributed by atoms with Crippen molar-refractivity contribution in [3.05, 3.63) is 65.5 Å². The number of hydrogen-bond donors (Lipinski definition) is 2. The van der Waals surface area contributed by atoms with Crippen molar-refractivity contribution in [3.63, 3.8) is 0 Å². The zero-order chi connectivity index (χ0) is 17.4. The molecule has 0 radical (unpaired) electrons. The third-order valence-electron chi connectivity index (χ3n) is 4.36. The number of nitrogens with one attached hydrogen (secondary N) is 2. The number of nitrogens with zero attached hydrogens (tertiary/aromatic N) is 1. The van der Waals surface area contributed by atoms with Gasteiger partial charge in [-0.3, -0.25) is 4.79 Å². The van der Waals surface area contributed by atoms with Crippen molar-refractivity contribution < 1.29 is 18.3 Å². The summed E-state index contributed by atoms with van der Waals surface area (Å²) in [6.45, 7) is 0.439. The van der Waals surface area contributed by atoms with Gasteiger partial charge in [0.05, 0.1) is 23.4 Å². The van der Waals surface area contributed by atoms with Crippen LogP contribution in [0.1, 0.15) is 28.4 Å². The Morgan fingerprint density at radius 2 is 2.08 bits per heavy atom. The van der Waals surface area contributed by atoms with Crippen molar-refractivity contribution in [3.8, 4) is 0 Å². The van der Waals surface area contributed by atoms with E-state index in [0.29, 0.717) is 24.2 Å². The zero-order valence-electron chi connectivity index (χ0n) is 13.1. The van der Waals surface area contributed by atoms with Crippen LogP contribution in [0.25, 0.3) is 11.0 Å². The van der Waals surface area contributed by atoms with Crippen molar-refractivity contribution in [2.45, 2.75) is 18.6 Å². The molecule has 1 amide bonds. The van der Waals surface area contributed by atoms with Crippen LogP contribution in [0, 0.1) is 11.6 Å². The van der Waals surface area contributed by atoms with Crippen molar-refractivity contribution in [2.75, 3.05) is 6.61 Å². The SMILES string of the molecule is O=C(N[C@@H]1CCO[C@@H]1c1ccc(F)c(F)c1)c1ccc2nc[nH]c2c1. The van der Waals surface area contributed by atoms with Gasteiger partial charge in [0.15, 0.2) is 11.6 Å². The van der Waals surface area contributed by atoms with Crippen LogP contribution in [0.2, 0.25) is 0 Å². The van der Waals surface area contributed by atoms with Crippen LogP contribution in [0.4, 0.5) is 8.78 Å². The molecule has 0 spiro atoms. The first-order valence-electron chi connectivity index (χ1n) is 7.92. The van der Waals surface area contributed by atoms with E-state index in [4.69, 9.17) is 4.74 Å². The van der Waals surface area contributed by atoms with E-state index in [2.05, 4.69) is 15.3 Å². The molecule has 2 aromatic carbocycles. The van der Waals surface area contributed by atoms with Crippen molar-refractivity contribution >= 4 is 16.9 Å². The summed E-state index contributed by atoms with van der Waals surface area (Å²) in [6.07, 6.45) is 1.66. The number of H-pyrrole nitrogens is 1. The fourth-order valence-corrected chi connectivity index (χ4v) is 3.08. The molecule has 1 saturated heterocycles. The smallest absolute Gasteiger partial charge is 0.251 e. The molecule has 0 bridgehead atoms. The lowest BCUT2D eigenvalue weighted by molar-refractivity contribution is 0.0820. The normalized spacial score (nSPS) is 20.1. The average molecular weight is 343 g/mol. The fraction of sp³-hybridized carbons (Fsp3) is 0.222. The van der Waals surface area contributed by atoms with Crippen LogP contribution in [-0.4, -0.2) is 28.5 Å². The number of halogens is 2. The number of fused-ring (bicyclic) bond motifs is 1. The van der Waals surface area contributed by atoms with Gasteiger partial charge in [0, 0.05) is 12.2 Å². The highest BCUT2D eigenvalue weighted by atomic mass is 19.2. The second-order valence-electron chi connectivity index (χ2n) is 5.97. The molecule has 2 heterocycles. The first kappa shape index (κ1) is 15.7. The van der Waals surface area contributed by atoms with Crippen LogP contribution in [0.3, 0.4) is 0 Å². The molecule has 2 atom stereocenters. The molecule has 5 nitrogen and oxygen atoms in total. The fourth-order valence-electron chi connectivity index (χ4n) is 3.08. The van der Waals surface area contributed by atoms with Gasteiger partial charge in [-0.05, 0) is 42.3 Å². The molecule has 1 aliphatic heterocycles. The molecule has 1 aromatic heterocycles. The molecular formula is C18H15F2N3O2. The number of imidazole rings is 1. The maximum absolute atomic E-state index is 13.5. The molecule has 0 saturated carbocycles. The zero-order valence-corrected chi connectivity index (χ0v) is 13.1.